The van der Waals surface area contributed by atoms with Gasteiger partial charge in [0.05, 0.1) is 52.0 Å². The second-order valence-electron chi connectivity index (χ2n) is 32.1. The first-order valence-corrected chi connectivity index (χ1v) is 43.9. The molecule has 5 saturated heterocycles. The second kappa shape index (κ2) is 36.2. The Morgan fingerprint density at radius 3 is 2.14 bits per heavy atom. The number of likely N-dealkylation sites (tertiary alicyclic amines) is 3. The molecule has 22 nitrogen and oxygen atoms in total. The van der Waals surface area contributed by atoms with Crippen molar-refractivity contribution in [2.75, 3.05) is 108 Å². The van der Waals surface area contributed by atoms with Crippen molar-refractivity contribution < 1.29 is 63.8 Å². The number of carbonyl (C=O) groups is 5. The summed E-state index contributed by atoms with van der Waals surface area (Å²) in [6.45, 7) is 20.6. The van der Waals surface area contributed by atoms with Gasteiger partial charge in [-0.3, -0.25) is 38.7 Å². The molecule has 0 radical (unpaired) electrons. The summed E-state index contributed by atoms with van der Waals surface area (Å²) in [5, 5.41) is 20.5. The molecule has 2 bridgehead atoms. The number of ether oxygens (including phenoxy) is 1. The molecular weight excluding hydrogens is 1540 g/mol. The minimum absolute atomic E-state index is 0.0280. The number of fused-ring (bicyclic) bond motifs is 2. The minimum atomic E-state index is -6.11. The Kier molecular flexibility index (Phi) is 27.1. The average molecular weight is 1640 g/mol. The summed E-state index contributed by atoms with van der Waals surface area (Å²) in [7, 11) is -11.0. The van der Waals surface area contributed by atoms with Gasteiger partial charge in [-0.05, 0) is 159 Å². The first-order chi connectivity index (χ1) is 53.3. The van der Waals surface area contributed by atoms with E-state index in [1.165, 1.54) is 39.9 Å². The van der Waals surface area contributed by atoms with Gasteiger partial charge in [-0.15, -0.1) is 23.1 Å². The molecular formula is C82H103ClF3N11O11S4. The monoisotopic (exact) mass is 1640 g/mol. The number of carbonyl (C=O) groups excluding carboxylic acids is 5. The lowest BCUT2D eigenvalue weighted by molar-refractivity contribution is -0.144. The largest absolute Gasteiger partial charge is 0.501 e. The number of aryl methyl sites for hydroxylation is 1. The third-order valence-corrected chi connectivity index (χ3v) is 27.9. The number of benzene rings is 5. The minimum Gasteiger partial charge on any atom is -0.391 e. The highest BCUT2D eigenvalue weighted by Gasteiger charge is 2.50. The molecule has 1 aliphatic carbocycles. The van der Waals surface area contributed by atoms with Crippen molar-refractivity contribution in [3.05, 3.63) is 160 Å². The van der Waals surface area contributed by atoms with Gasteiger partial charge in [0.2, 0.25) is 23.6 Å². The number of piperazine rings is 2. The number of thiazole rings is 1. The number of rotatable bonds is 30. The first kappa shape index (κ1) is 84.0. The van der Waals surface area contributed by atoms with Gasteiger partial charge in [-0.1, -0.05) is 106 Å². The van der Waals surface area contributed by atoms with Crippen LogP contribution >= 0.6 is 34.7 Å². The highest BCUT2D eigenvalue weighted by molar-refractivity contribution is 7.99. The first-order valence-electron chi connectivity index (χ1n) is 38.7. The predicted molar refractivity (Wildman–Crippen MR) is 431 cm³/mol. The molecule has 8 atom stereocenters. The van der Waals surface area contributed by atoms with E-state index in [1.54, 1.807) is 23.5 Å². The third-order valence-electron chi connectivity index (χ3n) is 22.7. The number of hydrogen-bond donors (Lipinski definition) is 5. The number of sulfone groups is 1. The van der Waals surface area contributed by atoms with E-state index >= 15 is 0 Å². The molecule has 6 aromatic rings. The zero-order valence-electron chi connectivity index (χ0n) is 64.4. The number of thioether (sulfide) groups is 1. The van der Waals surface area contributed by atoms with Crippen LogP contribution in [0.25, 0.3) is 16.0 Å². The Morgan fingerprint density at radius 2 is 1.48 bits per heavy atom. The quantitative estimate of drug-likeness (QED) is 0.0207. The summed E-state index contributed by atoms with van der Waals surface area (Å²) >= 11 is 9.42. The molecule has 12 rings (SSSR count). The third kappa shape index (κ3) is 20.8. The summed E-state index contributed by atoms with van der Waals surface area (Å²) < 4.78 is 105. The molecule has 5 aromatic carbocycles. The predicted octanol–water partition coefficient (Wildman–Crippen LogP) is 11.9. The van der Waals surface area contributed by atoms with Gasteiger partial charge < -0.3 is 40.5 Å². The zero-order valence-corrected chi connectivity index (χ0v) is 68.4. The van der Waals surface area contributed by atoms with Crippen LogP contribution in [0.3, 0.4) is 0 Å². The molecule has 5 fully saturated rings. The van der Waals surface area contributed by atoms with Crippen LogP contribution in [0.1, 0.15) is 138 Å². The number of unbranched alkanes of at least 4 members (excludes halogenated alkanes) is 2. The van der Waals surface area contributed by atoms with E-state index in [4.69, 9.17) is 16.3 Å². The van der Waals surface area contributed by atoms with E-state index in [1.807, 2.05) is 112 Å². The molecule has 1 unspecified atom stereocenters. The lowest BCUT2D eigenvalue weighted by atomic mass is 9.71. The Balaban J connectivity index is 0.598. The van der Waals surface area contributed by atoms with Gasteiger partial charge in [0, 0.05) is 143 Å². The Bertz CT molecular complexity index is 4580. The number of nitrogens with one attached hydrogen (secondary N) is 4. The Hall–Kier alpha value is -7.45. The Labute approximate surface area is 669 Å². The number of allylic oxidation sites excluding steroid dienone is 1. The number of anilines is 2. The van der Waals surface area contributed by atoms with Gasteiger partial charge in [-0.2, -0.15) is 13.2 Å². The van der Waals surface area contributed by atoms with Crippen LogP contribution in [0, 0.1) is 17.8 Å². The maximum absolute atomic E-state index is 14.4. The number of morpholine rings is 1. The van der Waals surface area contributed by atoms with E-state index in [-0.39, 0.29) is 66.2 Å². The van der Waals surface area contributed by atoms with Crippen LogP contribution in [0.2, 0.25) is 5.02 Å². The fourth-order valence-electron chi connectivity index (χ4n) is 16.4. The molecule has 0 saturated carbocycles. The number of aliphatic hydroxyl groups excluding tert-OH is 1. The molecule has 6 aliphatic rings. The maximum atomic E-state index is 14.4. The summed E-state index contributed by atoms with van der Waals surface area (Å²) in [4.78, 5) is 86.4. The number of alkyl halides is 3. The van der Waals surface area contributed by atoms with Crippen LogP contribution in [0.15, 0.2) is 147 Å². The fraction of sp³-hybridized carbons (Fsp3) is 0.512. The number of aromatic nitrogens is 1. The van der Waals surface area contributed by atoms with Gasteiger partial charge >= 0.3 is 5.51 Å². The molecule has 6 heterocycles. The molecule has 112 heavy (non-hydrogen) atoms. The lowest BCUT2D eigenvalue weighted by Crippen LogP contribution is -2.57. The average Bonchev–Trinajstić information content (AvgIpc) is 1.16. The van der Waals surface area contributed by atoms with Crippen molar-refractivity contribution >= 4 is 101 Å². The van der Waals surface area contributed by atoms with Gasteiger partial charge in [0.15, 0.2) is 0 Å². The number of aliphatic hydroxyl groups is 1. The molecule has 1 aromatic heterocycles. The standard InChI is InChI=1S/C82H103ClF3N11O11S4/c1-54(56-17-19-58(20-18-56)75-55(2)87-53-110-75)88-78(102)71-44-66(98)50-97(71)79(103)76(80(3,4)5)90-73(99)15-11-8-12-16-74(100)96-49-64-43-65(96)48-95(64)52-81(6)33-31-69(57-21-25-61(83)26-22-57)60(46-81)47-93-35-37-94(38-36-93)63-27-23-59(24-28-63)77(101)91-112(106,107)68-29-30-70(72(45-68)111(104,105)82(84,85)86)89-62(32-34-92-39-41-108-42-40-92)51-109-67-13-9-7-10-14-67/h7,9-10,13-14,17-30,45,53-54,62,64-66,71,76,89,98H,8,11-12,15-16,31-44,46-52H2,1-6H3,(H,88,102)(H,90,99)(H,91,101)/t54-,62+,64+,65+,66+,71-,76+,81?/m0/s1. The number of nitrogens with zero attached hydrogens (tertiary/aromatic N) is 7. The van der Waals surface area contributed by atoms with Crippen molar-refractivity contribution in [3.8, 4) is 10.4 Å². The van der Waals surface area contributed by atoms with E-state index in [0.717, 1.165) is 108 Å². The number of hydrogen-bond acceptors (Lipinski definition) is 19. The topological polar surface area (TPSA) is 264 Å². The summed E-state index contributed by atoms with van der Waals surface area (Å²) in [5.41, 5.74) is 2.35. The number of β-amino-alcohol motifs (C(OH)–C–C–N with tert-alkyl or cyclic N) is 1. The van der Waals surface area contributed by atoms with Crippen LogP contribution in [-0.4, -0.2) is 220 Å². The van der Waals surface area contributed by atoms with Gasteiger partial charge in [0.1, 0.15) is 17.0 Å². The maximum Gasteiger partial charge on any atom is 0.501 e. The normalized spacial score (nSPS) is 21.7. The van der Waals surface area contributed by atoms with Crippen LogP contribution < -0.4 is 25.6 Å². The Morgan fingerprint density at radius 1 is 0.786 bits per heavy atom. The summed E-state index contributed by atoms with van der Waals surface area (Å²) in [6.07, 6.45) is 5.65. The van der Waals surface area contributed by atoms with E-state index < -0.39 is 82.3 Å². The van der Waals surface area contributed by atoms with Crippen molar-refractivity contribution in [3.63, 3.8) is 0 Å². The number of amides is 5. The van der Waals surface area contributed by atoms with Crippen molar-refractivity contribution in [2.45, 2.75) is 175 Å². The van der Waals surface area contributed by atoms with E-state index in [9.17, 15) is 59.1 Å². The number of halogens is 4. The zero-order chi connectivity index (χ0) is 79.9. The van der Waals surface area contributed by atoms with Crippen molar-refractivity contribution in [1.29, 1.82) is 0 Å². The molecule has 30 heteroatoms. The van der Waals surface area contributed by atoms with Crippen LogP contribution in [0.4, 0.5) is 24.5 Å². The molecule has 5 N–H and O–H groups in total. The van der Waals surface area contributed by atoms with Crippen LogP contribution in [0.5, 0.6) is 0 Å². The second-order valence-corrected chi connectivity index (χ2v) is 38.1. The summed E-state index contributed by atoms with van der Waals surface area (Å²) in [5.74, 6) is -1.68. The van der Waals surface area contributed by atoms with Crippen LogP contribution in [-0.2, 0) is 43.8 Å². The molecule has 604 valence electrons. The van der Waals surface area contributed by atoms with E-state index in [2.05, 4.69) is 64.5 Å². The number of sulfonamides is 1. The van der Waals surface area contributed by atoms with E-state index in [0.29, 0.717) is 101 Å². The van der Waals surface area contributed by atoms with Gasteiger partial charge in [0.25, 0.3) is 25.8 Å². The molecule has 5 aliphatic heterocycles. The SMILES string of the molecule is Cc1ncsc1-c1ccc([C@H](C)NC(=O)[C@@H]2C[C@@H](O)CN2C(=O)[C@@H](NC(=O)CCCCCC(=O)N2C[C@H]3C[C@@H]2CN3CC2(C)CCC(c3ccc(Cl)cc3)=C(CN3CCN(c4ccc(C(=O)NS(=O)(=O)c5ccc(N[C@H](CCN6CCOCC6)CSc6ccccc6)c(S(=O)(=O)C(F)(F)F)c5)cc4)CC3)C2)C(C)(C)C)cc1. The smallest absolute Gasteiger partial charge is 0.391 e. The fourth-order valence-corrected chi connectivity index (χ4v) is 20.4. The van der Waals surface area contributed by atoms with Crippen molar-refractivity contribution in [1.82, 2.24) is 44.8 Å². The van der Waals surface area contributed by atoms with Crippen molar-refractivity contribution in [2.24, 2.45) is 10.8 Å². The highest BCUT2D eigenvalue weighted by Crippen LogP contribution is 2.46. The van der Waals surface area contributed by atoms with Gasteiger partial charge in [-0.25, -0.2) is 26.5 Å². The molecule has 5 amide bonds. The highest BCUT2D eigenvalue weighted by atomic mass is 35.5. The molecule has 0 spiro atoms. The summed E-state index contributed by atoms with van der Waals surface area (Å²) in [6, 6.07) is 31.7. The lowest BCUT2D eigenvalue weighted by Gasteiger charge is -2.44.